The van der Waals surface area contributed by atoms with Crippen LogP contribution in [-0.4, -0.2) is 65.1 Å². The van der Waals surface area contributed by atoms with Crippen LogP contribution in [0.5, 0.6) is 0 Å². The van der Waals surface area contributed by atoms with Gasteiger partial charge in [0.05, 0.1) is 10.7 Å². The van der Waals surface area contributed by atoms with Gasteiger partial charge in [0.2, 0.25) is 5.95 Å². The minimum atomic E-state index is 0. The van der Waals surface area contributed by atoms with Crippen LogP contribution in [0.1, 0.15) is 38.4 Å². The van der Waals surface area contributed by atoms with E-state index in [1.165, 1.54) is 5.69 Å². The van der Waals surface area contributed by atoms with Crippen molar-refractivity contribution in [1.29, 1.82) is 0 Å². The number of halogens is 1. The molecule has 0 aliphatic carbocycles. The Labute approximate surface area is 195 Å². The average molecular weight is 529 g/mol. The zero-order chi connectivity index (χ0) is 20.0. The lowest BCUT2D eigenvalue weighted by Gasteiger charge is -2.36. The van der Waals surface area contributed by atoms with Crippen molar-refractivity contribution in [2.24, 2.45) is 4.99 Å². The smallest absolute Gasteiger partial charge is 0.225 e. The number of piperazine rings is 1. The maximum absolute atomic E-state index is 4.85. The van der Waals surface area contributed by atoms with E-state index in [2.05, 4.69) is 58.2 Å². The predicted octanol–water partition coefficient (Wildman–Crippen LogP) is 3.18. The lowest BCUT2D eigenvalue weighted by molar-refractivity contribution is 0.370. The summed E-state index contributed by atoms with van der Waals surface area (Å²) in [6.07, 6.45) is 4.47. The number of hydrogen-bond acceptors (Lipinski definition) is 6. The Morgan fingerprint density at radius 1 is 1.17 bits per heavy atom. The van der Waals surface area contributed by atoms with E-state index < -0.39 is 0 Å². The van der Waals surface area contributed by atoms with E-state index in [9.17, 15) is 0 Å². The highest BCUT2D eigenvalue weighted by Crippen LogP contribution is 2.24. The summed E-state index contributed by atoms with van der Waals surface area (Å²) in [5.74, 6) is 1.80. The highest BCUT2D eigenvalue weighted by molar-refractivity contribution is 14.0. The summed E-state index contributed by atoms with van der Waals surface area (Å²) in [5.41, 5.74) is 1.28. The summed E-state index contributed by atoms with van der Waals surface area (Å²) in [5, 5.41) is 6.77. The van der Waals surface area contributed by atoms with Gasteiger partial charge in [-0.25, -0.2) is 15.0 Å². The van der Waals surface area contributed by atoms with Crippen molar-refractivity contribution >= 4 is 47.2 Å². The Bertz CT molecular complexity index is 765. The van der Waals surface area contributed by atoms with Crippen LogP contribution < -0.4 is 10.2 Å². The molecular formula is C20H32IN7S. The van der Waals surface area contributed by atoms with Gasteiger partial charge in [-0.2, -0.15) is 0 Å². The molecule has 0 bridgehead atoms. The van der Waals surface area contributed by atoms with Crippen LogP contribution in [-0.2, 0) is 11.8 Å². The molecular weight excluding hydrogens is 497 g/mol. The quantitative estimate of drug-likeness (QED) is 0.365. The summed E-state index contributed by atoms with van der Waals surface area (Å²) in [6.45, 7) is 14.0. The largest absolute Gasteiger partial charge is 0.357 e. The van der Waals surface area contributed by atoms with E-state index in [1.807, 2.05) is 6.07 Å². The van der Waals surface area contributed by atoms with Crippen LogP contribution in [0.25, 0.3) is 0 Å². The average Bonchev–Trinajstić information content (AvgIpc) is 3.18. The van der Waals surface area contributed by atoms with Crippen LogP contribution >= 0.6 is 35.3 Å². The molecule has 0 saturated carbocycles. The fourth-order valence-electron chi connectivity index (χ4n) is 3.03. The molecule has 29 heavy (non-hydrogen) atoms. The minimum Gasteiger partial charge on any atom is -0.357 e. The second-order valence-corrected chi connectivity index (χ2v) is 8.83. The number of nitrogens with one attached hydrogen (secondary N) is 1. The van der Waals surface area contributed by atoms with Gasteiger partial charge < -0.3 is 15.1 Å². The van der Waals surface area contributed by atoms with Gasteiger partial charge in [-0.3, -0.25) is 4.99 Å². The van der Waals surface area contributed by atoms with E-state index in [-0.39, 0.29) is 29.4 Å². The molecule has 0 atom stereocenters. The lowest BCUT2D eigenvalue weighted by atomic mass is 9.93. The van der Waals surface area contributed by atoms with E-state index >= 15 is 0 Å². The van der Waals surface area contributed by atoms with Gasteiger partial charge in [-0.05, 0) is 13.0 Å². The number of aliphatic imine (C=N–C) groups is 1. The van der Waals surface area contributed by atoms with E-state index in [4.69, 9.17) is 9.98 Å². The van der Waals surface area contributed by atoms with Crippen molar-refractivity contribution in [1.82, 2.24) is 25.2 Å². The van der Waals surface area contributed by atoms with E-state index in [0.717, 1.165) is 62.6 Å². The molecule has 3 rings (SSSR count). The Kier molecular flexibility index (Phi) is 9.06. The number of thiazole rings is 1. The molecule has 1 aliphatic heterocycles. The fourth-order valence-corrected chi connectivity index (χ4v) is 4.04. The molecule has 160 valence electrons. The van der Waals surface area contributed by atoms with Crippen LogP contribution in [0, 0.1) is 0 Å². The lowest BCUT2D eigenvalue weighted by Crippen LogP contribution is -2.53. The standard InChI is InChI=1S/C20H31N7S.HI/c1-5-21-18(24-10-7-17-25-16(15-28-17)20(2,3)4)26-11-13-27(14-12-26)19-22-8-6-9-23-19;/h6,8-9,15H,5,7,10-14H2,1-4H3,(H,21,24);1H. The first-order valence-corrected chi connectivity index (χ1v) is 10.9. The first-order valence-electron chi connectivity index (χ1n) is 9.97. The summed E-state index contributed by atoms with van der Waals surface area (Å²) in [6, 6.07) is 1.85. The van der Waals surface area contributed by atoms with Crippen LogP contribution in [0.15, 0.2) is 28.8 Å². The zero-order valence-electron chi connectivity index (χ0n) is 17.8. The maximum atomic E-state index is 4.85. The first kappa shape index (κ1) is 23.8. The van der Waals surface area contributed by atoms with E-state index in [1.54, 1.807) is 23.7 Å². The zero-order valence-corrected chi connectivity index (χ0v) is 20.9. The summed E-state index contributed by atoms with van der Waals surface area (Å²) in [7, 11) is 0. The number of anilines is 1. The van der Waals surface area contributed by atoms with Crippen molar-refractivity contribution in [3.63, 3.8) is 0 Å². The van der Waals surface area contributed by atoms with Crippen LogP contribution in [0.2, 0.25) is 0 Å². The molecule has 0 spiro atoms. The van der Waals surface area contributed by atoms with Gasteiger partial charge in [-0.1, -0.05) is 20.8 Å². The third-order valence-corrected chi connectivity index (χ3v) is 5.57. The van der Waals surface area contributed by atoms with Crippen molar-refractivity contribution in [3.8, 4) is 0 Å². The molecule has 2 aromatic rings. The Hall–Kier alpha value is -1.49. The van der Waals surface area contributed by atoms with Gasteiger partial charge in [0.15, 0.2) is 5.96 Å². The normalized spacial score (nSPS) is 15.2. The summed E-state index contributed by atoms with van der Waals surface area (Å²) < 4.78 is 0. The maximum Gasteiger partial charge on any atom is 0.225 e. The van der Waals surface area contributed by atoms with Crippen molar-refractivity contribution in [3.05, 3.63) is 34.5 Å². The second-order valence-electron chi connectivity index (χ2n) is 7.89. The molecule has 7 nitrogen and oxygen atoms in total. The van der Waals surface area contributed by atoms with E-state index in [0.29, 0.717) is 0 Å². The van der Waals surface area contributed by atoms with Gasteiger partial charge in [0.25, 0.3) is 0 Å². The molecule has 0 radical (unpaired) electrons. The molecule has 1 N–H and O–H groups in total. The fraction of sp³-hybridized carbons (Fsp3) is 0.600. The van der Waals surface area contributed by atoms with Gasteiger partial charge in [-0.15, -0.1) is 35.3 Å². The van der Waals surface area contributed by atoms with Gasteiger partial charge in [0, 0.05) is 68.9 Å². The minimum absolute atomic E-state index is 0. The molecule has 3 heterocycles. The molecule has 1 fully saturated rings. The first-order chi connectivity index (χ1) is 13.5. The topological polar surface area (TPSA) is 69.5 Å². The monoisotopic (exact) mass is 529 g/mol. The van der Waals surface area contributed by atoms with Crippen LogP contribution in [0.3, 0.4) is 0 Å². The summed E-state index contributed by atoms with van der Waals surface area (Å²) in [4.78, 5) is 22.9. The summed E-state index contributed by atoms with van der Waals surface area (Å²) >= 11 is 1.74. The second kappa shape index (κ2) is 11.1. The number of aromatic nitrogens is 3. The molecule has 2 aromatic heterocycles. The van der Waals surface area contributed by atoms with Crippen molar-refractivity contribution < 1.29 is 0 Å². The predicted molar refractivity (Wildman–Crippen MR) is 132 cm³/mol. The third kappa shape index (κ3) is 6.77. The van der Waals surface area contributed by atoms with Crippen molar-refractivity contribution in [2.45, 2.75) is 39.5 Å². The molecule has 9 heteroatoms. The third-order valence-electron chi connectivity index (χ3n) is 4.66. The van der Waals surface area contributed by atoms with Crippen molar-refractivity contribution in [2.75, 3.05) is 44.2 Å². The number of guanidine groups is 1. The molecule has 1 aliphatic rings. The molecule has 0 unspecified atom stereocenters. The number of nitrogens with zero attached hydrogens (tertiary/aromatic N) is 6. The van der Waals surface area contributed by atoms with Gasteiger partial charge in [0.1, 0.15) is 0 Å². The highest BCUT2D eigenvalue weighted by atomic mass is 127. The molecule has 0 aromatic carbocycles. The highest BCUT2D eigenvalue weighted by Gasteiger charge is 2.21. The number of hydrogen-bond donors (Lipinski definition) is 1. The molecule has 0 amide bonds. The Balaban J connectivity index is 0.00000300. The van der Waals surface area contributed by atoms with Gasteiger partial charge >= 0.3 is 0 Å². The SMILES string of the molecule is CCNC(=NCCc1nc(C(C)(C)C)cs1)N1CCN(c2ncccn2)CC1.I. The van der Waals surface area contributed by atoms with Crippen LogP contribution in [0.4, 0.5) is 5.95 Å². The number of rotatable bonds is 5. The Morgan fingerprint density at radius 3 is 2.45 bits per heavy atom. The Morgan fingerprint density at radius 2 is 1.86 bits per heavy atom. The molecule has 1 saturated heterocycles.